The molecule has 0 saturated heterocycles. The largest absolute Gasteiger partial charge is 0.497 e. The lowest BCUT2D eigenvalue weighted by Crippen LogP contribution is -2.46. The van der Waals surface area contributed by atoms with Crippen LogP contribution in [0.25, 0.3) is 0 Å². The van der Waals surface area contributed by atoms with Gasteiger partial charge in [0, 0.05) is 4.88 Å². The van der Waals surface area contributed by atoms with Crippen LogP contribution in [0, 0.1) is 0 Å². The molecule has 140 valence electrons. The van der Waals surface area contributed by atoms with E-state index in [1.807, 2.05) is 17.5 Å². The first kappa shape index (κ1) is 19.9. The number of rotatable bonds is 7. The molecule has 26 heavy (non-hydrogen) atoms. The van der Waals surface area contributed by atoms with E-state index in [0.29, 0.717) is 17.1 Å². The van der Waals surface area contributed by atoms with E-state index in [-0.39, 0.29) is 0 Å². The maximum Gasteiger partial charge on any atom is 0.263 e. The third kappa shape index (κ3) is 4.83. The van der Waals surface area contributed by atoms with Crippen molar-refractivity contribution >= 4 is 38.7 Å². The second kappa shape index (κ2) is 8.33. The van der Waals surface area contributed by atoms with Gasteiger partial charge in [0.15, 0.2) is 0 Å². The number of amides is 1. The summed E-state index contributed by atoms with van der Waals surface area (Å²) in [6.07, 6.45) is 1.06. The van der Waals surface area contributed by atoms with E-state index < -0.39 is 22.0 Å². The van der Waals surface area contributed by atoms with Crippen LogP contribution in [0.2, 0.25) is 0 Å². The van der Waals surface area contributed by atoms with Crippen molar-refractivity contribution in [2.24, 2.45) is 5.10 Å². The van der Waals surface area contributed by atoms with Crippen molar-refractivity contribution in [3.63, 3.8) is 0 Å². The van der Waals surface area contributed by atoms with Gasteiger partial charge in [0.1, 0.15) is 11.8 Å². The smallest absolute Gasteiger partial charge is 0.263 e. The van der Waals surface area contributed by atoms with E-state index in [4.69, 9.17) is 4.74 Å². The van der Waals surface area contributed by atoms with Crippen LogP contribution in [0.1, 0.15) is 18.7 Å². The molecular formula is C17H21N3O4S2. The zero-order chi connectivity index (χ0) is 19.3. The lowest BCUT2D eigenvalue weighted by molar-refractivity contribution is -0.121. The Bertz CT molecular complexity index is 875. The summed E-state index contributed by atoms with van der Waals surface area (Å²) in [4.78, 5) is 13.4. The van der Waals surface area contributed by atoms with Crippen LogP contribution in [-0.2, 0) is 14.8 Å². The van der Waals surface area contributed by atoms with Gasteiger partial charge in [-0.3, -0.25) is 9.10 Å². The molecular weight excluding hydrogens is 374 g/mol. The molecule has 7 nitrogen and oxygen atoms in total. The lowest BCUT2D eigenvalue weighted by atomic mass is 10.2. The van der Waals surface area contributed by atoms with Crippen LogP contribution < -0.4 is 14.5 Å². The molecule has 0 spiro atoms. The third-order valence-corrected chi connectivity index (χ3v) is 5.85. The highest BCUT2D eigenvalue weighted by atomic mass is 32.2. The molecule has 2 rings (SSSR count). The summed E-state index contributed by atoms with van der Waals surface area (Å²) in [5, 5.41) is 5.97. The first-order chi connectivity index (χ1) is 12.2. The molecule has 0 bridgehead atoms. The molecule has 0 aliphatic rings. The molecule has 0 unspecified atom stereocenters. The molecule has 0 aliphatic heterocycles. The van der Waals surface area contributed by atoms with Crippen molar-refractivity contribution in [1.82, 2.24) is 5.43 Å². The highest BCUT2D eigenvalue weighted by Crippen LogP contribution is 2.23. The van der Waals surface area contributed by atoms with Gasteiger partial charge >= 0.3 is 0 Å². The van der Waals surface area contributed by atoms with Gasteiger partial charge in [-0.25, -0.2) is 13.8 Å². The molecule has 1 N–H and O–H groups in total. The van der Waals surface area contributed by atoms with Gasteiger partial charge in [0.25, 0.3) is 5.91 Å². The number of ether oxygens (including phenoxy) is 1. The minimum absolute atomic E-state index is 0.370. The average molecular weight is 396 g/mol. The van der Waals surface area contributed by atoms with Gasteiger partial charge in [-0.1, -0.05) is 6.07 Å². The summed E-state index contributed by atoms with van der Waals surface area (Å²) in [7, 11) is -2.16. The number of carbonyl (C=O) groups excluding carboxylic acids is 1. The first-order valence-electron chi connectivity index (χ1n) is 7.75. The van der Waals surface area contributed by atoms with Gasteiger partial charge in [0.2, 0.25) is 10.0 Å². The number of carbonyl (C=O) groups is 1. The van der Waals surface area contributed by atoms with Crippen molar-refractivity contribution in [3.8, 4) is 5.75 Å². The van der Waals surface area contributed by atoms with E-state index in [0.717, 1.165) is 15.4 Å². The molecule has 1 aromatic heterocycles. The normalized spacial score (nSPS) is 13.2. The Kier molecular flexibility index (Phi) is 6.38. The summed E-state index contributed by atoms with van der Waals surface area (Å²) in [5.41, 5.74) is 3.46. The van der Waals surface area contributed by atoms with Crippen LogP contribution in [-0.4, -0.2) is 39.4 Å². The Hall–Kier alpha value is -2.39. The minimum Gasteiger partial charge on any atom is -0.497 e. The minimum atomic E-state index is -3.68. The maximum absolute atomic E-state index is 12.5. The molecule has 0 saturated carbocycles. The van der Waals surface area contributed by atoms with E-state index in [1.165, 1.54) is 25.4 Å². The van der Waals surface area contributed by atoms with Crippen molar-refractivity contribution < 1.29 is 17.9 Å². The molecule has 0 fully saturated rings. The van der Waals surface area contributed by atoms with E-state index >= 15 is 0 Å². The Labute approximate surface area is 157 Å². The molecule has 0 aliphatic carbocycles. The molecule has 1 heterocycles. The van der Waals surface area contributed by atoms with E-state index in [9.17, 15) is 13.2 Å². The molecule has 1 amide bonds. The average Bonchev–Trinajstić information content (AvgIpc) is 3.13. The molecule has 2 aromatic rings. The van der Waals surface area contributed by atoms with Crippen LogP contribution in [0.3, 0.4) is 0 Å². The number of hydrogen-bond donors (Lipinski definition) is 1. The van der Waals surface area contributed by atoms with Crippen LogP contribution >= 0.6 is 11.3 Å². The number of benzene rings is 1. The number of nitrogens with one attached hydrogen (secondary N) is 1. The summed E-state index contributed by atoms with van der Waals surface area (Å²) < 4.78 is 30.6. The van der Waals surface area contributed by atoms with Gasteiger partial charge in [-0.15, -0.1) is 11.3 Å². The predicted molar refractivity (Wildman–Crippen MR) is 104 cm³/mol. The number of anilines is 1. The van der Waals surface area contributed by atoms with Gasteiger partial charge < -0.3 is 4.74 Å². The SMILES string of the molecule is COc1ccc(N([C@@H](C)C(=O)N/N=C(/C)c2cccs2)S(C)(=O)=O)cc1. The van der Waals surface area contributed by atoms with Crippen molar-refractivity contribution in [2.75, 3.05) is 17.7 Å². The summed E-state index contributed by atoms with van der Waals surface area (Å²) >= 11 is 1.50. The quantitative estimate of drug-likeness (QED) is 0.576. The number of thiophene rings is 1. The maximum atomic E-state index is 12.5. The predicted octanol–water partition coefficient (Wildman–Crippen LogP) is 2.45. The van der Waals surface area contributed by atoms with Crippen molar-refractivity contribution in [3.05, 3.63) is 46.7 Å². The molecule has 0 radical (unpaired) electrons. The molecule has 1 aromatic carbocycles. The summed E-state index contributed by atoms with van der Waals surface area (Å²) in [5.74, 6) is 0.0672. The zero-order valence-electron chi connectivity index (χ0n) is 15.0. The summed E-state index contributed by atoms with van der Waals surface area (Å²) in [6, 6.07) is 9.25. The highest BCUT2D eigenvalue weighted by molar-refractivity contribution is 7.92. The number of sulfonamides is 1. The van der Waals surface area contributed by atoms with Crippen LogP contribution in [0.15, 0.2) is 46.9 Å². The van der Waals surface area contributed by atoms with Gasteiger partial charge in [-0.2, -0.15) is 5.10 Å². The number of nitrogens with zero attached hydrogens (tertiary/aromatic N) is 2. The Morgan fingerprint density at radius 1 is 1.27 bits per heavy atom. The Morgan fingerprint density at radius 3 is 2.42 bits per heavy atom. The fraction of sp³-hybridized carbons (Fsp3) is 0.294. The lowest BCUT2D eigenvalue weighted by Gasteiger charge is -2.27. The standard InChI is InChI=1S/C17H21N3O4S2/c1-12(16-6-5-11-25-16)18-19-17(21)13(2)20(26(4,22)23)14-7-9-15(24-3)10-8-14/h5-11,13H,1-4H3,(H,19,21)/b18-12-/t13-/m0/s1. The first-order valence-corrected chi connectivity index (χ1v) is 10.5. The van der Waals surface area contributed by atoms with E-state index in [2.05, 4.69) is 10.5 Å². The fourth-order valence-corrected chi connectivity index (χ4v) is 4.16. The zero-order valence-corrected chi connectivity index (χ0v) is 16.6. The number of hydrogen-bond acceptors (Lipinski definition) is 6. The van der Waals surface area contributed by atoms with Gasteiger partial charge in [-0.05, 0) is 49.6 Å². The van der Waals surface area contributed by atoms with Crippen molar-refractivity contribution in [1.29, 1.82) is 0 Å². The fourth-order valence-electron chi connectivity index (χ4n) is 2.31. The Balaban J connectivity index is 2.21. The topological polar surface area (TPSA) is 88.1 Å². The van der Waals surface area contributed by atoms with Crippen LogP contribution in [0.5, 0.6) is 5.75 Å². The van der Waals surface area contributed by atoms with Crippen molar-refractivity contribution in [2.45, 2.75) is 19.9 Å². The van der Waals surface area contributed by atoms with E-state index in [1.54, 1.807) is 31.2 Å². The molecule has 9 heteroatoms. The third-order valence-electron chi connectivity index (χ3n) is 3.63. The highest BCUT2D eigenvalue weighted by Gasteiger charge is 2.29. The van der Waals surface area contributed by atoms with Crippen LogP contribution in [0.4, 0.5) is 5.69 Å². The molecule has 1 atom stereocenters. The van der Waals surface area contributed by atoms with Gasteiger partial charge in [0.05, 0.1) is 24.8 Å². The monoisotopic (exact) mass is 395 g/mol. The summed E-state index contributed by atoms with van der Waals surface area (Å²) in [6.45, 7) is 3.28. The second-order valence-electron chi connectivity index (χ2n) is 5.58. The number of hydrazone groups is 1. The second-order valence-corrected chi connectivity index (χ2v) is 8.39. The Morgan fingerprint density at radius 2 is 1.92 bits per heavy atom. The number of methoxy groups -OCH3 is 1.